The molecule has 1 fully saturated rings. The SMILES string of the molecule is C[C@H](O)CNC1CC(O)C1(C)C. The number of hydrogen-bond donors (Lipinski definition) is 3. The first-order valence-corrected chi connectivity index (χ1v) is 4.54. The molecule has 0 spiro atoms. The fraction of sp³-hybridized carbons (Fsp3) is 1.00. The summed E-state index contributed by atoms with van der Waals surface area (Å²) in [7, 11) is 0. The summed E-state index contributed by atoms with van der Waals surface area (Å²) in [6, 6.07) is 0.349. The van der Waals surface area contributed by atoms with Crippen LogP contribution in [0, 0.1) is 5.41 Å². The second-order valence-electron chi connectivity index (χ2n) is 4.38. The number of hydrogen-bond acceptors (Lipinski definition) is 3. The van der Waals surface area contributed by atoms with Crippen LogP contribution in [0.25, 0.3) is 0 Å². The van der Waals surface area contributed by atoms with Gasteiger partial charge in [-0.05, 0) is 13.3 Å². The number of aliphatic hydroxyl groups excluding tert-OH is 2. The van der Waals surface area contributed by atoms with Gasteiger partial charge in [0.1, 0.15) is 0 Å². The van der Waals surface area contributed by atoms with E-state index in [9.17, 15) is 5.11 Å². The minimum atomic E-state index is -0.307. The average Bonchev–Trinajstić information content (AvgIpc) is 1.97. The molecule has 0 aliphatic heterocycles. The molecule has 0 aromatic carbocycles. The van der Waals surface area contributed by atoms with Gasteiger partial charge in [-0.15, -0.1) is 0 Å². The fourth-order valence-electron chi connectivity index (χ4n) is 1.56. The van der Waals surface area contributed by atoms with Gasteiger partial charge in [-0.2, -0.15) is 0 Å². The van der Waals surface area contributed by atoms with Crippen molar-refractivity contribution in [2.75, 3.05) is 6.54 Å². The lowest BCUT2D eigenvalue weighted by atomic mass is 9.64. The van der Waals surface area contributed by atoms with Crippen molar-refractivity contribution in [3.8, 4) is 0 Å². The van der Waals surface area contributed by atoms with Gasteiger partial charge in [0.15, 0.2) is 0 Å². The average molecular weight is 173 g/mol. The second-order valence-corrected chi connectivity index (χ2v) is 4.38. The largest absolute Gasteiger partial charge is 0.392 e. The molecule has 1 aliphatic rings. The van der Waals surface area contributed by atoms with Crippen molar-refractivity contribution in [3.05, 3.63) is 0 Å². The molecule has 1 aliphatic carbocycles. The number of rotatable bonds is 3. The third-order valence-electron chi connectivity index (χ3n) is 2.88. The van der Waals surface area contributed by atoms with E-state index in [4.69, 9.17) is 5.11 Å². The first-order chi connectivity index (χ1) is 5.44. The molecule has 0 saturated heterocycles. The van der Waals surface area contributed by atoms with Gasteiger partial charge in [0.05, 0.1) is 12.2 Å². The van der Waals surface area contributed by atoms with Gasteiger partial charge in [-0.3, -0.25) is 0 Å². The Morgan fingerprint density at radius 3 is 2.50 bits per heavy atom. The Hall–Kier alpha value is -0.120. The second kappa shape index (κ2) is 3.32. The summed E-state index contributed by atoms with van der Waals surface area (Å²) in [5, 5.41) is 21.7. The van der Waals surface area contributed by atoms with Crippen LogP contribution in [-0.4, -0.2) is 35.0 Å². The van der Waals surface area contributed by atoms with Crippen molar-refractivity contribution < 1.29 is 10.2 Å². The predicted octanol–water partition coefficient (Wildman–Crippen LogP) is 0.116. The van der Waals surface area contributed by atoms with Crippen LogP contribution in [0.15, 0.2) is 0 Å². The van der Waals surface area contributed by atoms with Gasteiger partial charge in [-0.1, -0.05) is 13.8 Å². The minimum absolute atomic E-state index is 0.0328. The van der Waals surface area contributed by atoms with Crippen LogP contribution in [0.3, 0.4) is 0 Å². The van der Waals surface area contributed by atoms with Gasteiger partial charge in [0.2, 0.25) is 0 Å². The summed E-state index contributed by atoms with van der Waals surface area (Å²) in [6.45, 7) is 6.46. The summed E-state index contributed by atoms with van der Waals surface area (Å²) in [6.07, 6.45) is 0.308. The predicted molar refractivity (Wildman–Crippen MR) is 47.9 cm³/mol. The van der Waals surface area contributed by atoms with E-state index in [0.29, 0.717) is 12.6 Å². The van der Waals surface area contributed by atoms with Crippen molar-refractivity contribution in [3.63, 3.8) is 0 Å². The van der Waals surface area contributed by atoms with E-state index in [1.807, 2.05) is 13.8 Å². The molecule has 72 valence electrons. The minimum Gasteiger partial charge on any atom is -0.392 e. The van der Waals surface area contributed by atoms with Gasteiger partial charge in [-0.25, -0.2) is 0 Å². The van der Waals surface area contributed by atoms with Crippen molar-refractivity contribution >= 4 is 0 Å². The molecule has 12 heavy (non-hydrogen) atoms. The molecule has 0 radical (unpaired) electrons. The zero-order valence-corrected chi connectivity index (χ0v) is 8.04. The lowest BCUT2D eigenvalue weighted by Crippen LogP contribution is -2.60. The Balaban J connectivity index is 2.28. The van der Waals surface area contributed by atoms with Crippen LogP contribution in [0.1, 0.15) is 27.2 Å². The molecule has 2 unspecified atom stereocenters. The van der Waals surface area contributed by atoms with Crippen LogP contribution in [0.5, 0.6) is 0 Å². The Kier molecular flexibility index (Phi) is 2.76. The summed E-state index contributed by atoms with van der Waals surface area (Å²) in [5.74, 6) is 0. The lowest BCUT2D eigenvalue weighted by molar-refractivity contribution is -0.0744. The highest BCUT2D eigenvalue weighted by Gasteiger charge is 2.46. The molecule has 1 rings (SSSR count). The van der Waals surface area contributed by atoms with Gasteiger partial charge in [0.25, 0.3) is 0 Å². The molecule has 0 bridgehead atoms. The molecular formula is C9H19NO2. The topological polar surface area (TPSA) is 52.5 Å². The molecule has 0 amide bonds. The molecule has 0 heterocycles. The van der Waals surface area contributed by atoms with Gasteiger partial charge >= 0.3 is 0 Å². The molecule has 3 nitrogen and oxygen atoms in total. The summed E-state index contributed by atoms with van der Waals surface area (Å²) in [5.41, 5.74) is -0.0328. The first-order valence-electron chi connectivity index (χ1n) is 4.54. The highest BCUT2D eigenvalue weighted by atomic mass is 16.3. The highest BCUT2D eigenvalue weighted by molar-refractivity contribution is 5.01. The third kappa shape index (κ3) is 1.79. The molecular weight excluding hydrogens is 154 g/mol. The molecule has 3 atom stereocenters. The highest BCUT2D eigenvalue weighted by Crippen LogP contribution is 2.40. The van der Waals surface area contributed by atoms with Crippen LogP contribution in [0.4, 0.5) is 0 Å². The standard InChI is InChI=1S/C9H19NO2/c1-6(11)5-10-7-4-8(12)9(7,2)3/h6-8,10-12H,4-5H2,1-3H3/t6-,7?,8?/m0/s1. The molecule has 0 aromatic heterocycles. The van der Waals surface area contributed by atoms with Gasteiger partial charge in [0, 0.05) is 18.0 Å². The van der Waals surface area contributed by atoms with Crippen molar-refractivity contribution in [1.82, 2.24) is 5.32 Å². The van der Waals surface area contributed by atoms with E-state index in [1.54, 1.807) is 6.92 Å². The Morgan fingerprint density at radius 2 is 2.17 bits per heavy atom. The zero-order valence-electron chi connectivity index (χ0n) is 8.04. The third-order valence-corrected chi connectivity index (χ3v) is 2.88. The van der Waals surface area contributed by atoms with Crippen LogP contribution < -0.4 is 5.32 Å². The Morgan fingerprint density at radius 1 is 1.58 bits per heavy atom. The maximum atomic E-state index is 9.41. The molecule has 0 aromatic rings. The molecule has 3 heteroatoms. The van der Waals surface area contributed by atoms with Crippen LogP contribution in [0.2, 0.25) is 0 Å². The Labute approximate surface area is 73.8 Å². The van der Waals surface area contributed by atoms with Crippen LogP contribution in [-0.2, 0) is 0 Å². The van der Waals surface area contributed by atoms with Crippen molar-refractivity contribution in [2.24, 2.45) is 5.41 Å². The smallest absolute Gasteiger partial charge is 0.0636 e. The van der Waals surface area contributed by atoms with Crippen molar-refractivity contribution in [2.45, 2.75) is 45.4 Å². The van der Waals surface area contributed by atoms with E-state index < -0.39 is 0 Å². The normalized spacial score (nSPS) is 35.8. The van der Waals surface area contributed by atoms with E-state index in [-0.39, 0.29) is 17.6 Å². The van der Waals surface area contributed by atoms with Gasteiger partial charge < -0.3 is 15.5 Å². The molecule has 1 saturated carbocycles. The van der Waals surface area contributed by atoms with E-state index in [1.165, 1.54) is 0 Å². The number of aliphatic hydroxyl groups is 2. The zero-order chi connectivity index (χ0) is 9.35. The monoisotopic (exact) mass is 173 g/mol. The quantitative estimate of drug-likeness (QED) is 0.568. The van der Waals surface area contributed by atoms with E-state index in [0.717, 1.165) is 6.42 Å². The first kappa shape index (κ1) is 9.96. The summed E-state index contributed by atoms with van der Waals surface area (Å²) < 4.78 is 0. The Bertz CT molecular complexity index is 157. The summed E-state index contributed by atoms with van der Waals surface area (Å²) >= 11 is 0. The molecule has 3 N–H and O–H groups in total. The fourth-order valence-corrected chi connectivity index (χ4v) is 1.56. The van der Waals surface area contributed by atoms with E-state index in [2.05, 4.69) is 5.32 Å². The summed E-state index contributed by atoms with van der Waals surface area (Å²) in [4.78, 5) is 0. The van der Waals surface area contributed by atoms with E-state index >= 15 is 0 Å². The number of nitrogens with one attached hydrogen (secondary N) is 1. The van der Waals surface area contributed by atoms with Crippen LogP contribution >= 0.6 is 0 Å². The van der Waals surface area contributed by atoms with Crippen molar-refractivity contribution in [1.29, 1.82) is 0 Å². The maximum Gasteiger partial charge on any atom is 0.0636 e. The maximum absolute atomic E-state index is 9.41. The lowest BCUT2D eigenvalue weighted by Gasteiger charge is -2.49.